The SMILES string of the molecule is CC(=O)O[C@@]1(C)[C@@H](OC(=O)C2(C)OC2C)CC[C@@]2(C)CC(=O)C(=C(C)C)C[C@@H]21. The first kappa shape index (κ1) is 21.0. The number of ether oxygens (including phenoxy) is 3. The van der Waals surface area contributed by atoms with Crippen LogP contribution in [0.2, 0.25) is 0 Å². The summed E-state index contributed by atoms with van der Waals surface area (Å²) >= 11 is 0. The molecule has 1 saturated heterocycles. The van der Waals surface area contributed by atoms with Crippen LogP contribution >= 0.6 is 0 Å². The van der Waals surface area contributed by atoms with Crippen LogP contribution in [0.5, 0.6) is 0 Å². The minimum absolute atomic E-state index is 0.108. The van der Waals surface area contributed by atoms with E-state index in [1.807, 2.05) is 27.7 Å². The average molecular weight is 392 g/mol. The van der Waals surface area contributed by atoms with Crippen LogP contribution in [0.3, 0.4) is 0 Å². The van der Waals surface area contributed by atoms with Gasteiger partial charge in [-0.25, -0.2) is 4.79 Å². The zero-order chi connectivity index (χ0) is 21.1. The lowest BCUT2D eigenvalue weighted by Crippen LogP contribution is -2.62. The highest BCUT2D eigenvalue weighted by atomic mass is 16.7. The molecule has 156 valence electrons. The first-order valence-corrected chi connectivity index (χ1v) is 10.1. The fourth-order valence-corrected chi connectivity index (χ4v) is 5.19. The van der Waals surface area contributed by atoms with Crippen LogP contribution in [0.4, 0.5) is 0 Å². The molecule has 0 N–H and O–H groups in total. The summed E-state index contributed by atoms with van der Waals surface area (Å²) in [6.45, 7) is 12.7. The van der Waals surface area contributed by atoms with E-state index in [0.717, 1.165) is 17.6 Å². The number of carbonyl (C=O) groups excluding carboxylic acids is 3. The van der Waals surface area contributed by atoms with Gasteiger partial charge in [-0.1, -0.05) is 12.5 Å². The summed E-state index contributed by atoms with van der Waals surface area (Å²) in [5.74, 6) is -0.762. The van der Waals surface area contributed by atoms with Gasteiger partial charge in [0.2, 0.25) is 0 Å². The second-order valence-electron chi connectivity index (χ2n) is 9.57. The molecule has 0 radical (unpaired) electrons. The van der Waals surface area contributed by atoms with Crippen molar-refractivity contribution in [2.75, 3.05) is 0 Å². The second kappa shape index (κ2) is 6.68. The van der Waals surface area contributed by atoms with E-state index in [1.54, 1.807) is 6.92 Å². The third-order valence-electron chi connectivity index (χ3n) is 7.22. The lowest BCUT2D eigenvalue weighted by molar-refractivity contribution is -0.219. The number of hydrogen-bond acceptors (Lipinski definition) is 6. The molecule has 1 aliphatic heterocycles. The van der Waals surface area contributed by atoms with E-state index >= 15 is 0 Å². The summed E-state index contributed by atoms with van der Waals surface area (Å²) in [6.07, 6.45) is 1.49. The Morgan fingerprint density at radius 2 is 1.75 bits per heavy atom. The summed E-state index contributed by atoms with van der Waals surface area (Å²) in [7, 11) is 0. The molecule has 6 nitrogen and oxygen atoms in total. The Labute approximate surface area is 167 Å². The van der Waals surface area contributed by atoms with E-state index in [4.69, 9.17) is 14.2 Å². The Hall–Kier alpha value is -1.69. The Morgan fingerprint density at radius 1 is 1.14 bits per heavy atom. The van der Waals surface area contributed by atoms with Gasteiger partial charge in [0, 0.05) is 19.3 Å². The Balaban J connectivity index is 1.95. The molecule has 0 aromatic carbocycles. The van der Waals surface area contributed by atoms with E-state index in [2.05, 4.69) is 6.92 Å². The molecule has 2 saturated carbocycles. The maximum atomic E-state index is 12.7. The summed E-state index contributed by atoms with van der Waals surface area (Å²) in [5.41, 5.74) is -0.422. The minimum atomic E-state index is -0.996. The number of rotatable bonds is 3. The molecule has 6 atom stereocenters. The number of hydrogen-bond donors (Lipinski definition) is 0. The fraction of sp³-hybridized carbons (Fsp3) is 0.773. The zero-order valence-corrected chi connectivity index (χ0v) is 18.0. The largest absolute Gasteiger partial charge is 0.456 e. The molecule has 3 aliphatic rings. The van der Waals surface area contributed by atoms with Crippen LogP contribution in [0.15, 0.2) is 11.1 Å². The smallest absolute Gasteiger partial charge is 0.341 e. The zero-order valence-electron chi connectivity index (χ0n) is 18.0. The van der Waals surface area contributed by atoms with Crippen LogP contribution in [0, 0.1) is 11.3 Å². The maximum absolute atomic E-state index is 12.7. The predicted molar refractivity (Wildman–Crippen MR) is 102 cm³/mol. The molecule has 1 heterocycles. The molecule has 0 bridgehead atoms. The van der Waals surface area contributed by atoms with Crippen LogP contribution in [-0.2, 0) is 28.6 Å². The van der Waals surface area contributed by atoms with Gasteiger partial charge in [0.25, 0.3) is 0 Å². The van der Waals surface area contributed by atoms with Crippen molar-refractivity contribution in [3.8, 4) is 0 Å². The van der Waals surface area contributed by atoms with Crippen molar-refractivity contribution in [3.05, 3.63) is 11.1 Å². The van der Waals surface area contributed by atoms with Crippen molar-refractivity contribution in [1.29, 1.82) is 0 Å². The standard InChI is InChI=1S/C22H32O6/c1-12(2)15-10-17-20(5,11-16(15)24)9-8-18(22(17,7)28-14(4)23)26-19(25)21(6)13(3)27-21/h13,17-18H,8-11H2,1-7H3/t13?,17-,18-,20-,21?,22+/m0/s1. The highest BCUT2D eigenvalue weighted by Crippen LogP contribution is 2.57. The van der Waals surface area contributed by atoms with E-state index in [0.29, 0.717) is 19.3 Å². The Morgan fingerprint density at radius 3 is 2.25 bits per heavy atom. The fourth-order valence-electron chi connectivity index (χ4n) is 5.19. The molecule has 0 amide bonds. The van der Waals surface area contributed by atoms with Crippen molar-refractivity contribution < 1.29 is 28.6 Å². The number of Topliss-reactive ketones (excluding diaryl/α,β-unsaturated/α-hetero) is 1. The number of fused-ring (bicyclic) bond motifs is 1. The van der Waals surface area contributed by atoms with E-state index in [-0.39, 0.29) is 23.2 Å². The quantitative estimate of drug-likeness (QED) is 0.415. The number of esters is 2. The van der Waals surface area contributed by atoms with Gasteiger partial charge >= 0.3 is 11.9 Å². The highest BCUT2D eigenvalue weighted by Gasteiger charge is 2.63. The lowest BCUT2D eigenvalue weighted by Gasteiger charge is -2.56. The van der Waals surface area contributed by atoms with Crippen LogP contribution in [0.25, 0.3) is 0 Å². The summed E-state index contributed by atoms with van der Waals surface area (Å²) in [4.78, 5) is 37.4. The minimum Gasteiger partial charge on any atom is -0.456 e. The van der Waals surface area contributed by atoms with Gasteiger partial charge in [0.1, 0.15) is 11.7 Å². The Bertz CT molecular complexity index is 750. The van der Waals surface area contributed by atoms with Crippen LogP contribution < -0.4 is 0 Å². The first-order valence-electron chi connectivity index (χ1n) is 10.1. The third kappa shape index (κ3) is 3.30. The van der Waals surface area contributed by atoms with Crippen LogP contribution in [0.1, 0.15) is 74.1 Å². The van der Waals surface area contributed by atoms with E-state index in [9.17, 15) is 14.4 Å². The number of allylic oxidation sites excluding steroid dienone is 2. The molecule has 0 spiro atoms. The van der Waals surface area contributed by atoms with Gasteiger partial charge in [-0.2, -0.15) is 0 Å². The Kier molecular flexibility index (Phi) is 5.02. The molecule has 2 aliphatic carbocycles. The summed E-state index contributed by atoms with van der Waals surface area (Å²) < 4.78 is 17.2. The topological polar surface area (TPSA) is 82.2 Å². The van der Waals surface area contributed by atoms with Gasteiger partial charge in [-0.05, 0) is 64.9 Å². The van der Waals surface area contributed by atoms with Crippen molar-refractivity contribution >= 4 is 17.7 Å². The van der Waals surface area contributed by atoms with E-state index < -0.39 is 29.2 Å². The number of ketones is 1. The second-order valence-corrected chi connectivity index (χ2v) is 9.57. The van der Waals surface area contributed by atoms with Gasteiger partial charge in [-0.15, -0.1) is 0 Å². The van der Waals surface area contributed by atoms with Crippen molar-refractivity contribution in [2.45, 2.75) is 97.6 Å². The maximum Gasteiger partial charge on any atom is 0.341 e. The summed E-state index contributed by atoms with van der Waals surface area (Å²) in [5, 5.41) is 0. The van der Waals surface area contributed by atoms with Crippen molar-refractivity contribution in [3.63, 3.8) is 0 Å². The van der Waals surface area contributed by atoms with Crippen LogP contribution in [-0.4, -0.2) is 41.1 Å². The first-order chi connectivity index (χ1) is 12.8. The molecule has 3 rings (SSSR count). The summed E-state index contributed by atoms with van der Waals surface area (Å²) in [6, 6.07) is 0. The van der Waals surface area contributed by atoms with Crippen molar-refractivity contribution in [1.82, 2.24) is 0 Å². The molecular weight excluding hydrogens is 360 g/mol. The lowest BCUT2D eigenvalue weighted by atomic mass is 9.53. The predicted octanol–water partition coefficient (Wildman–Crippen LogP) is 3.51. The number of epoxide rings is 1. The molecule has 0 aromatic heterocycles. The normalized spacial score (nSPS) is 42.5. The van der Waals surface area contributed by atoms with Gasteiger partial charge < -0.3 is 14.2 Å². The average Bonchev–Trinajstić information content (AvgIpc) is 3.17. The molecule has 28 heavy (non-hydrogen) atoms. The highest BCUT2D eigenvalue weighted by molar-refractivity contribution is 5.97. The van der Waals surface area contributed by atoms with Gasteiger partial charge in [-0.3, -0.25) is 9.59 Å². The molecule has 2 unspecified atom stereocenters. The third-order valence-corrected chi connectivity index (χ3v) is 7.22. The van der Waals surface area contributed by atoms with Gasteiger partial charge in [0.05, 0.1) is 6.10 Å². The molecule has 0 aromatic rings. The van der Waals surface area contributed by atoms with Crippen molar-refractivity contribution in [2.24, 2.45) is 11.3 Å². The molecule has 6 heteroatoms. The number of carbonyl (C=O) groups is 3. The molecular formula is C22H32O6. The van der Waals surface area contributed by atoms with E-state index in [1.165, 1.54) is 6.92 Å². The molecule has 3 fully saturated rings. The monoisotopic (exact) mass is 392 g/mol. The van der Waals surface area contributed by atoms with Gasteiger partial charge in [0.15, 0.2) is 11.4 Å².